The standard InChI is InChI=1S/C13H10BrF2N/c14-10-3-1-9(2-4-10)8-17-13-6-11(15)5-12(16)7-13/h1-7,17H,8H2. The zero-order valence-corrected chi connectivity index (χ0v) is 10.5. The zero-order chi connectivity index (χ0) is 12.3. The highest BCUT2D eigenvalue weighted by Gasteiger charge is 2.00. The van der Waals surface area contributed by atoms with E-state index >= 15 is 0 Å². The number of hydrogen-bond donors (Lipinski definition) is 1. The summed E-state index contributed by atoms with van der Waals surface area (Å²) in [5, 5.41) is 2.97. The highest BCUT2D eigenvalue weighted by atomic mass is 79.9. The fourth-order valence-electron chi connectivity index (χ4n) is 1.46. The molecule has 0 aliphatic carbocycles. The van der Waals surface area contributed by atoms with Gasteiger partial charge in [-0.1, -0.05) is 28.1 Å². The lowest BCUT2D eigenvalue weighted by Gasteiger charge is -2.07. The number of nitrogens with one attached hydrogen (secondary N) is 1. The maximum atomic E-state index is 12.9. The Labute approximate surface area is 107 Å². The molecule has 0 saturated heterocycles. The summed E-state index contributed by atoms with van der Waals surface area (Å²) in [6.07, 6.45) is 0. The van der Waals surface area contributed by atoms with Gasteiger partial charge in [0.1, 0.15) is 11.6 Å². The van der Waals surface area contributed by atoms with Crippen LogP contribution >= 0.6 is 15.9 Å². The van der Waals surface area contributed by atoms with E-state index in [-0.39, 0.29) is 0 Å². The van der Waals surface area contributed by atoms with Crippen molar-refractivity contribution in [2.75, 3.05) is 5.32 Å². The van der Waals surface area contributed by atoms with Gasteiger partial charge in [-0.05, 0) is 29.8 Å². The molecule has 0 aliphatic rings. The lowest BCUT2D eigenvalue weighted by atomic mass is 10.2. The van der Waals surface area contributed by atoms with Crippen molar-refractivity contribution in [2.45, 2.75) is 6.54 Å². The van der Waals surface area contributed by atoms with Gasteiger partial charge in [-0.2, -0.15) is 0 Å². The SMILES string of the molecule is Fc1cc(F)cc(NCc2ccc(Br)cc2)c1. The molecule has 1 nitrogen and oxygen atoms in total. The minimum absolute atomic E-state index is 0.436. The van der Waals surface area contributed by atoms with Crippen LogP contribution in [0, 0.1) is 11.6 Å². The highest BCUT2D eigenvalue weighted by Crippen LogP contribution is 2.15. The first kappa shape index (κ1) is 12.0. The first-order valence-corrected chi connectivity index (χ1v) is 5.87. The van der Waals surface area contributed by atoms with Crippen molar-refractivity contribution in [1.82, 2.24) is 0 Å². The van der Waals surface area contributed by atoms with E-state index in [9.17, 15) is 8.78 Å². The van der Waals surface area contributed by atoms with Crippen LogP contribution in [0.15, 0.2) is 46.9 Å². The Balaban J connectivity index is 2.04. The van der Waals surface area contributed by atoms with E-state index in [1.54, 1.807) is 0 Å². The lowest BCUT2D eigenvalue weighted by molar-refractivity contribution is 0.584. The van der Waals surface area contributed by atoms with Crippen molar-refractivity contribution in [3.8, 4) is 0 Å². The van der Waals surface area contributed by atoms with Crippen molar-refractivity contribution in [2.24, 2.45) is 0 Å². The summed E-state index contributed by atoms with van der Waals surface area (Å²) in [6.45, 7) is 0.524. The van der Waals surface area contributed by atoms with E-state index < -0.39 is 11.6 Å². The summed E-state index contributed by atoms with van der Waals surface area (Å²) in [5.74, 6) is -1.16. The van der Waals surface area contributed by atoms with Crippen molar-refractivity contribution in [1.29, 1.82) is 0 Å². The molecule has 4 heteroatoms. The average molecular weight is 298 g/mol. The van der Waals surface area contributed by atoms with Crippen LogP contribution < -0.4 is 5.32 Å². The van der Waals surface area contributed by atoms with Crippen molar-refractivity contribution in [3.05, 3.63) is 64.1 Å². The third kappa shape index (κ3) is 3.53. The molecule has 0 spiro atoms. The fourth-order valence-corrected chi connectivity index (χ4v) is 1.73. The first-order valence-electron chi connectivity index (χ1n) is 5.08. The molecule has 0 radical (unpaired) electrons. The van der Waals surface area contributed by atoms with Crippen LogP contribution in [0.25, 0.3) is 0 Å². The van der Waals surface area contributed by atoms with Crippen LogP contribution in [-0.2, 0) is 6.54 Å². The number of benzene rings is 2. The summed E-state index contributed by atoms with van der Waals surface area (Å²) in [5.41, 5.74) is 1.48. The first-order chi connectivity index (χ1) is 8.13. The van der Waals surface area contributed by atoms with Crippen LogP contribution in [0.4, 0.5) is 14.5 Å². The van der Waals surface area contributed by atoms with Gasteiger partial charge in [-0.3, -0.25) is 0 Å². The quantitative estimate of drug-likeness (QED) is 0.889. The third-order valence-corrected chi connectivity index (χ3v) is 2.80. The van der Waals surface area contributed by atoms with Crippen LogP contribution in [0.5, 0.6) is 0 Å². The van der Waals surface area contributed by atoms with Gasteiger partial charge < -0.3 is 5.32 Å². The summed E-state index contributed by atoms with van der Waals surface area (Å²) in [4.78, 5) is 0. The number of halogens is 3. The van der Waals surface area contributed by atoms with Gasteiger partial charge in [0.15, 0.2) is 0 Å². The smallest absolute Gasteiger partial charge is 0.128 e. The van der Waals surface area contributed by atoms with E-state index in [4.69, 9.17) is 0 Å². The topological polar surface area (TPSA) is 12.0 Å². The zero-order valence-electron chi connectivity index (χ0n) is 8.88. The van der Waals surface area contributed by atoms with Crippen LogP contribution in [0.2, 0.25) is 0 Å². The molecular formula is C13H10BrF2N. The monoisotopic (exact) mass is 297 g/mol. The van der Waals surface area contributed by atoms with Gasteiger partial charge in [0.2, 0.25) is 0 Å². The van der Waals surface area contributed by atoms with Crippen molar-refractivity contribution >= 4 is 21.6 Å². The molecule has 0 heterocycles. The number of rotatable bonds is 3. The summed E-state index contributed by atoms with van der Waals surface area (Å²) >= 11 is 3.34. The van der Waals surface area contributed by atoms with Gasteiger partial charge in [0.25, 0.3) is 0 Å². The Hall–Kier alpha value is -1.42. The average Bonchev–Trinajstić information content (AvgIpc) is 2.27. The molecule has 88 valence electrons. The Morgan fingerprint density at radius 1 is 0.941 bits per heavy atom. The minimum Gasteiger partial charge on any atom is -0.381 e. The van der Waals surface area contributed by atoms with E-state index in [1.807, 2.05) is 24.3 Å². The maximum Gasteiger partial charge on any atom is 0.128 e. The molecule has 0 saturated carbocycles. The van der Waals surface area contributed by atoms with Gasteiger partial charge in [0, 0.05) is 22.8 Å². The molecule has 0 amide bonds. The van der Waals surface area contributed by atoms with E-state index in [0.717, 1.165) is 16.1 Å². The normalized spacial score (nSPS) is 10.3. The summed E-state index contributed by atoms with van der Waals surface area (Å²) in [7, 11) is 0. The van der Waals surface area contributed by atoms with Gasteiger partial charge >= 0.3 is 0 Å². The lowest BCUT2D eigenvalue weighted by Crippen LogP contribution is -2.00. The van der Waals surface area contributed by atoms with Gasteiger partial charge in [-0.15, -0.1) is 0 Å². The number of anilines is 1. The Morgan fingerprint density at radius 3 is 2.12 bits per heavy atom. The second-order valence-corrected chi connectivity index (χ2v) is 4.55. The minimum atomic E-state index is -0.580. The van der Waals surface area contributed by atoms with E-state index in [2.05, 4.69) is 21.2 Å². The number of hydrogen-bond acceptors (Lipinski definition) is 1. The Kier molecular flexibility index (Phi) is 3.74. The highest BCUT2D eigenvalue weighted by molar-refractivity contribution is 9.10. The molecule has 0 aromatic heterocycles. The van der Waals surface area contributed by atoms with E-state index in [0.29, 0.717) is 12.2 Å². The summed E-state index contributed by atoms with van der Waals surface area (Å²) in [6, 6.07) is 11.1. The molecule has 0 fully saturated rings. The molecule has 17 heavy (non-hydrogen) atoms. The largest absolute Gasteiger partial charge is 0.381 e. The van der Waals surface area contributed by atoms with Crippen molar-refractivity contribution in [3.63, 3.8) is 0 Å². The third-order valence-electron chi connectivity index (χ3n) is 2.27. The second-order valence-electron chi connectivity index (χ2n) is 3.64. The van der Waals surface area contributed by atoms with Gasteiger partial charge in [-0.25, -0.2) is 8.78 Å². The molecular weight excluding hydrogens is 288 g/mol. The maximum absolute atomic E-state index is 12.9. The van der Waals surface area contributed by atoms with Crippen LogP contribution in [0.1, 0.15) is 5.56 Å². The molecule has 2 aromatic rings. The predicted molar refractivity (Wildman–Crippen MR) is 67.8 cm³/mol. The second kappa shape index (κ2) is 5.27. The summed E-state index contributed by atoms with van der Waals surface area (Å²) < 4.78 is 26.8. The predicted octanol–water partition coefficient (Wildman–Crippen LogP) is 4.34. The van der Waals surface area contributed by atoms with Crippen molar-refractivity contribution < 1.29 is 8.78 Å². The molecule has 0 atom stereocenters. The molecule has 1 N–H and O–H groups in total. The molecule has 2 aromatic carbocycles. The van der Waals surface area contributed by atoms with Crippen LogP contribution in [-0.4, -0.2) is 0 Å². The van der Waals surface area contributed by atoms with E-state index in [1.165, 1.54) is 12.1 Å². The fraction of sp³-hybridized carbons (Fsp3) is 0.0769. The van der Waals surface area contributed by atoms with Gasteiger partial charge in [0.05, 0.1) is 0 Å². The Bertz CT molecular complexity index is 491. The molecule has 2 rings (SSSR count). The Morgan fingerprint density at radius 2 is 1.53 bits per heavy atom. The molecule has 0 bridgehead atoms. The molecule has 0 aliphatic heterocycles. The van der Waals surface area contributed by atoms with Crippen LogP contribution in [0.3, 0.4) is 0 Å². The molecule has 0 unspecified atom stereocenters.